The number of fused-ring (bicyclic) bond motifs is 1. The highest BCUT2D eigenvalue weighted by Gasteiger charge is 2.36. The lowest BCUT2D eigenvalue weighted by atomic mass is 9.82. The van der Waals surface area contributed by atoms with E-state index in [0.717, 1.165) is 41.4 Å². The summed E-state index contributed by atoms with van der Waals surface area (Å²) in [4.78, 5) is 25.2. The van der Waals surface area contributed by atoms with Gasteiger partial charge in [0.05, 0.1) is 11.2 Å². The van der Waals surface area contributed by atoms with E-state index in [1.165, 1.54) is 23.5 Å². The number of anilines is 1. The number of aryl methyl sites for hydroxylation is 1. The van der Waals surface area contributed by atoms with Crippen LogP contribution in [0.5, 0.6) is 0 Å². The molecule has 5 rings (SSSR count). The maximum atomic E-state index is 13.3. The van der Waals surface area contributed by atoms with Crippen LogP contribution in [0.1, 0.15) is 75.3 Å². The van der Waals surface area contributed by atoms with Gasteiger partial charge in [-0.3, -0.25) is 0 Å². The Balaban J connectivity index is 1.59. The molecule has 0 saturated carbocycles. The second-order valence-electron chi connectivity index (χ2n) is 12.3. The molecule has 4 aromatic rings. The first kappa shape index (κ1) is 28.2. The van der Waals surface area contributed by atoms with E-state index in [9.17, 15) is 14.3 Å². The van der Waals surface area contributed by atoms with Crippen LogP contribution >= 0.6 is 11.3 Å². The monoisotopic (exact) mass is 565 g/mol. The quantitative estimate of drug-likeness (QED) is 0.275. The molecule has 0 aliphatic carbocycles. The molecule has 1 atom stereocenters. The van der Waals surface area contributed by atoms with E-state index in [4.69, 9.17) is 14.8 Å². The fourth-order valence-electron chi connectivity index (χ4n) is 5.05. The summed E-state index contributed by atoms with van der Waals surface area (Å²) in [6.07, 6.45) is 3.22. The first-order chi connectivity index (χ1) is 18.8. The molecular weight excluding hydrogens is 529 g/mol. The van der Waals surface area contributed by atoms with Gasteiger partial charge in [-0.25, -0.2) is 19.2 Å². The van der Waals surface area contributed by atoms with E-state index in [-0.39, 0.29) is 11.2 Å². The van der Waals surface area contributed by atoms with Gasteiger partial charge in [0.2, 0.25) is 0 Å². The topological polar surface area (TPSA) is 92.9 Å². The molecule has 10 heteroatoms. The molecule has 0 amide bonds. The van der Waals surface area contributed by atoms with Gasteiger partial charge in [0.15, 0.2) is 11.8 Å². The lowest BCUT2D eigenvalue weighted by molar-refractivity contribution is -0.160. The predicted octanol–water partition coefficient (Wildman–Crippen LogP) is 6.46. The summed E-state index contributed by atoms with van der Waals surface area (Å²) < 4.78 is 21.2. The number of halogens is 1. The molecule has 1 saturated heterocycles. The molecule has 4 heterocycles. The van der Waals surface area contributed by atoms with Gasteiger partial charge < -0.3 is 14.7 Å². The van der Waals surface area contributed by atoms with Crippen molar-refractivity contribution in [3.63, 3.8) is 0 Å². The van der Waals surface area contributed by atoms with Crippen LogP contribution in [0.25, 0.3) is 16.3 Å². The average molecular weight is 566 g/mol. The van der Waals surface area contributed by atoms with Crippen LogP contribution in [-0.2, 0) is 16.0 Å². The Hall–Kier alpha value is -3.37. The highest BCUT2D eigenvalue weighted by Crippen LogP contribution is 2.39. The van der Waals surface area contributed by atoms with Crippen molar-refractivity contribution < 1.29 is 19.0 Å². The van der Waals surface area contributed by atoms with Crippen LogP contribution in [0.15, 0.2) is 36.5 Å². The Kier molecular flexibility index (Phi) is 7.43. The van der Waals surface area contributed by atoms with E-state index in [2.05, 4.69) is 23.7 Å². The molecule has 212 valence electrons. The minimum absolute atomic E-state index is 0.211. The van der Waals surface area contributed by atoms with E-state index < -0.39 is 17.7 Å². The molecule has 8 nitrogen and oxygen atoms in total. The van der Waals surface area contributed by atoms with Gasteiger partial charge in [-0.2, -0.15) is 9.61 Å². The first-order valence-electron chi connectivity index (χ1n) is 13.5. The lowest BCUT2D eigenvalue weighted by Gasteiger charge is -2.39. The second kappa shape index (κ2) is 10.6. The fraction of sp³-hybridized carbons (Fsp3) is 0.467. The molecular formula is C30H36FN5O3S. The zero-order valence-electron chi connectivity index (χ0n) is 23.9. The van der Waals surface area contributed by atoms with Gasteiger partial charge >= 0.3 is 5.97 Å². The molecule has 1 fully saturated rings. The third kappa shape index (κ3) is 6.02. The van der Waals surface area contributed by atoms with Gasteiger partial charge in [-0.15, -0.1) is 11.3 Å². The number of thiazole rings is 1. The van der Waals surface area contributed by atoms with Gasteiger partial charge in [-0.05, 0) is 63.6 Å². The summed E-state index contributed by atoms with van der Waals surface area (Å²) in [5, 5.41) is 16.0. The normalized spacial score (nSPS) is 16.4. The second-order valence-corrected chi connectivity index (χ2v) is 13.4. The highest BCUT2D eigenvalue weighted by atomic mass is 32.1. The number of aliphatic carboxylic acids is 1. The molecule has 0 spiro atoms. The Morgan fingerprint density at radius 3 is 2.50 bits per heavy atom. The number of rotatable bonds is 7. The van der Waals surface area contributed by atoms with Gasteiger partial charge in [-0.1, -0.05) is 26.0 Å². The predicted molar refractivity (Wildman–Crippen MR) is 154 cm³/mol. The Labute approximate surface area is 237 Å². The van der Waals surface area contributed by atoms with Crippen molar-refractivity contribution in [2.24, 2.45) is 5.41 Å². The largest absolute Gasteiger partial charge is 0.479 e. The van der Waals surface area contributed by atoms with Crippen molar-refractivity contribution in [1.29, 1.82) is 0 Å². The minimum Gasteiger partial charge on any atom is -0.479 e. The van der Waals surface area contributed by atoms with Crippen LogP contribution in [0.2, 0.25) is 0 Å². The molecule has 3 aromatic heterocycles. The van der Waals surface area contributed by atoms with E-state index in [0.29, 0.717) is 34.8 Å². The minimum atomic E-state index is -1.20. The van der Waals surface area contributed by atoms with Crippen LogP contribution in [0.3, 0.4) is 0 Å². The van der Waals surface area contributed by atoms with Crippen LogP contribution < -0.4 is 4.90 Å². The molecule has 0 radical (unpaired) electrons. The summed E-state index contributed by atoms with van der Waals surface area (Å²) in [6, 6.07) is 8.37. The molecule has 40 heavy (non-hydrogen) atoms. The summed E-state index contributed by atoms with van der Waals surface area (Å²) in [6.45, 7) is 13.5. The molecule has 1 N–H and O–H groups in total. The molecule has 1 unspecified atom stereocenters. The Morgan fingerprint density at radius 2 is 1.88 bits per heavy atom. The van der Waals surface area contributed by atoms with Crippen LogP contribution in [0.4, 0.5) is 10.2 Å². The van der Waals surface area contributed by atoms with Gasteiger partial charge in [0.25, 0.3) is 0 Å². The fourth-order valence-corrected chi connectivity index (χ4v) is 5.95. The molecule has 1 aliphatic rings. The third-order valence-corrected chi connectivity index (χ3v) is 8.26. The zero-order valence-corrected chi connectivity index (χ0v) is 24.7. The number of aromatic nitrogens is 4. The SMILES string of the molecule is Cc1nc2cc(-c3ncc(Cc4ccc(F)cc4)s3)nn2c(N2CCC(C)(C)CC2)c1C(OC(C)(C)C)C(=O)O. The van der Waals surface area contributed by atoms with Crippen molar-refractivity contribution in [3.8, 4) is 10.7 Å². The van der Waals surface area contributed by atoms with E-state index in [1.807, 2.05) is 40.0 Å². The van der Waals surface area contributed by atoms with Crippen LogP contribution in [-0.4, -0.2) is 49.3 Å². The number of hydrogen-bond donors (Lipinski definition) is 1. The van der Waals surface area contributed by atoms with Crippen LogP contribution in [0, 0.1) is 18.2 Å². The highest BCUT2D eigenvalue weighted by molar-refractivity contribution is 7.15. The Morgan fingerprint density at radius 1 is 1.20 bits per heavy atom. The number of ether oxygens (including phenoxy) is 1. The zero-order chi connectivity index (χ0) is 28.8. The number of hydrogen-bond acceptors (Lipinski definition) is 7. The van der Waals surface area contributed by atoms with E-state index in [1.54, 1.807) is 16.6 Å². The van der Waals surface area contributed by atoms with Crippen molar-refractivity contribution >= 4 is 28.8 Å². The molecule has 1 aliphatic heterocycles. The van der Waals surface area contributed by atoms with Gasteiger partial charge in [0, 0.05) is 42.3 Å². The standard InChI is InChI=1S/C30H36FN5O3S/c1-18-24(25(28(37)38)39-29(2,3)4)27(35-13-11-30(5,6)12-14-35)36-23(33-18)16-22(34-36)26-32-17-21(40-26)15-19-7-9-20(31)10-8-19/h7-10,16-17,25H,11-15H2,1-6H3,(H,37,38). The molecule has 0 bridgehead atoms. The van der Waals surface area contributed by atoms with Crippen molar-refractivity contribution in [1.82, 2.24) is 19.6 Å². The smallest absolute Gasteiger partial charge is 0.337 e. The maximum Gasteiger partial charge on any atom is 0.337 e. The summed E-state index contributed by atoms with van der Waals surface area (Å²) in [7, 11) is 0. The van der Waals surface area contributed by atoms with Crippen molar-refractivity contribution in [2.75, 3.05) is 18.0 Å². The third-order valence-electron chi connectivity index (χ3n) is 7.24. The average Bonchev–Trinajstić information content (AvgIpc) is 3.50. The molecule has 1 aromatic carbocycles. The maximum absolute atomic E-state index is 13.3. The lowest BCUT2D eigenvalue weighted by Crippen LogP contribution is -2.40. The number of piperidine rings is 1. The summed E-state index contributed by atoms with van der Waals surface area (Å²) in [5.74, 6) is -0.605. The summed E-state index contributed by atoms with van der Waals surface area (Å²) in [5.41, 5.74) is 2.97. The number of nitrogens with zero attached hydrogens (tertiary/aromatic N) is 5. The van der Waals surface area contributed by atoms with Gasteiger partial charge in [0.1, 0.15) is 22.3 Å². The summed E-state index contributed by atoms with van der Waals surface area (Å²) >= 11 is 1.53. The number of carbonyl (C=O) groups is 1. The number of carboxylic acid groups (broad SMARTS) is 1. The van der Waals surface area contributed by atoms with Crippen molar-refractivity contribution in [3.05, 3.63) is 64.0 Å². The Bertz CT molecular complexity index is 1530. The van der Waals surface area contributed by atoms with Crippen molar-refractivity contribution in [2.45, 2.75) is 72.5 Å². The number of carboxylic acids is 1. The number of benzene rings is 1. The first-order valence-corrected chi connectivity index (χ1v) is 14.4. The van der Waals surface area contributed by atoms with E-state index >= 15 is 0 Å².